The van der Waals surface area contributed by atoms with Crippen molar-refractivity contribution in [1.29, 1.82) is 0 Å². The van der Waals surface area contributed by atoms with Crippen molar-refractivity contribution in [3.8, 4) is 0 Å². The van der Waals surface area contributed by atoms with Crippen LogP contribution in [0.3, 0.4) is 0 Å². The van der Waals surface area contributed by atoms with Crippen LogP contribution in [-0.4, -0.2) is 30.8 Å². The van der Waals surface area contributed by atoms with E-state index in [4.69, 9.17) is 27.9 Å². The van der Waals surface area contributed by atoms with E-state index in [1.54, 1.807) is 0 Å². The highest BCUT2D eigenvalue weighted by molar-refractivity contribution is 6.42. The van der Waals surface area contributed by atoms with E-state index in [2.05, 4.69) is 5.32 Å². The Hall–Kier alpha value is -3.15. The first kappa shape index (κ1) is 22.5. The Bertz CT molecular complexity index is 1030. The van der Waals surface area contributed by atoms with Crippen molar-refractivity contribution in [2.45, 2.75) is 5.92 Å². The molecule has 1 N–H and O–H groups in total. The summed E-state index contributed by atoms with van der Waals surface area (Å²) in [7, 11) is 0. The largest absolute Gasteiger partial charge is 0.456 e. The summed E-state index contributed by atoms with van der Waals surface area (Å²) in [4.78, 5) is 37.1. The maximum atomic E-state index is 12.9. The zero-order chi connectivity index (χ0) is 22.2. The number of halogens is 2. The van der Waals surface area contributed by atoms with Crippen LogP contribution < -0.4 is 5.32 Å². The molecule has 0 aliphatic rings. The van der Waals surface area contributed by atoms with Gasteiger partial charge in [0.05, 0.1) is 16.0 Å². The normalized spacial score (nSPS) is 10.5. The summed E-state index contributed by atoms with van der Waals surface area (Å²) in [6.07, 6.45) is 0. The van der Waals surface area contributed by atoms with Gasteiger partial charge in [0.1, 0.15) is 6.54 Å². The number of ether oxygens (including phenoxy) is 1. The van der Waals surface area contributed by atoms with E-state index in [0.29, 0.717) is 5.02 Å². The number of hydrogen-bond acceptors (Lipinski definition) is 4. The lowest BCUT2D eigenvalue weighted by Crippen LogP contribution is -2.35. The Labute approximate surface area is 189 Å². The number of carbonyl (C=O) groups excluding carboxylic acids is 3. The van der Waals surface area contributed by atoms with Crippen molar-refractivity contribution in [1.82, 2.24) is 5.32 Å². The predicted octanol–water partition coefficient (Wildman–Crippen LogP) is 4.67. The third-order valence-electron chi connectivity index (χ3n) is 4.54. The quantitative estimate of drug-likeness (QED) is 0.395. The van der Waals surface area contributed by atoms with E-state index < -0.39 is 24.3 Å². The standard InChI is InChI=1S/C24H19Cl2NO4/c25-19-12-11-18(13-20(19)26)21(28)15-31-22(29)14-27-24(30)23(16-7-3-1-4-8-16)17-9-5-2-6-10-17/h1-13,23H,14-15H2,(H,27,30). The first-order chi connectivity index (χ1) is 15.0. The summed E-state index contributed by atoms with van der Waals surface area (Å²) in [5.41, 5.74) is 1.88. The van der Waals surface area contributed by atoms with Crippen molar-refractivity contribution in [2.24, 2.45) is 0 Å². The summed E-state index contributed by atoms with van der Waals surface area (Å²) in [5, 5.41) is 3.15. The summed E-state index contributed by atoms with van der Waals surface area (Å²) < 4.78 is 4.99. The highest BCUT2D eigenvalue weighted by Gasteiger charge is 2.23. The number of hydrogen-bond donors (Lipinski definition) is 1. The smallest absolute Gasteiger partial charge is 0.325 e. The minimum atomic E-state index is -0.721. The summed E-state index contributed by atoms with van der Waals surface area (Å²) >= 11 is 11.7. The SMILES string of the molecule is O=C(CNC(=O)C(c1ccccc1)c1ccccc1)OCC(=O)c1ccc(Cl)c(Cl)c1. The molecule has 0 aromatic heterocycles. The van der Waals surface area contributed by atoms with E-state index in [-0.39, 0.29) is 23.0 Å². The lowest BCUT2D eigenvalue weighted by molar-refractivity contribution is -0.142. The monoisotopic (exact) mass is 455 g/mol. The average molecular weight is 456 g/mol. The molecule has 0 aliphatic carbocycles. The van der Waals surface area contributed by atoms with Gasteiger partial charge in [-0.3, -0.25) is 14.4 Å². The third kappa shape index (κ3) is 6.17. The van der Waals surface area contributed by atoms with Crippen molar-refractivity contribution in [3.05, 3.63) is 106 Å². The van der Waals surface area contributed by atoms with Gasteiger partial charge in [0.25, 0.3) is 0 Å². The van der Waals surface area contributed by atoms with E-state index in [9.17, 15) is 14.4 Å². The molecule has 5 nitrogen and oxygen atoms in total. The highest BCUT2D eigenvalue weighted by atomic mass is 35.5. The van der Waals surface area contributed by atoms with Crippen LogP contribution >= 0.6 is 23.2 Å². The zero-order valence-electron chi connectivity index (χ0n) is 16.4. The first-order valence-electron chi connectivity index (χ1n) is 9.47. The summed E-state index contributed by atoms with van der Waals surface area (Å²) in [6, 6.07) is 22.9. The van der Waals surface area contributed by atoms with E-state index >= 15 is 0 Å². The molecule has 158 valence electrons. The van der Waals surface area contributed by atoms with Gasteiger partial charge in [-0.1, -0.05) is 83.9 Å². The topological polar surface area (TPSA) is 72.5 Å². The van der Waals surface area contributed by atoms with Crippen molar-refractivity contribution < 1.29 is 19.1 Å². The van der Waals surface area contributed by atoms with Crippen molar-refractivity contribution in [2.75, 3.05) is 13.2 Å². The van der Waals surface area contributed by atoms with Gasteiger partial charge in [-0.05, 0) is 29.3 Å². The molecular weight excluding hydrogens is 437 g/mol. The van der Waals surface area contributed by atoms with Gasteiger partial charge < -0.3 is 10.1 Å². The lowest BCUT2D eigenvalue weighted by Gasteiger charge is -2.17. The van der Waals surface area contributed by atoms with Crippen LogP contribution in [0.4, 0.5) is 0 Å². The van der Waals surface area contributed by atoms with E-state index in [0.717, 1.165) is 11.1 Å². The Morgan fingerprint density at radius 2 is 1.39 bits per heavy atom. The number of benzene rings is 3. The minimum absolute atomic E-state index is 0.235. The van der Waals surface area contributed by atoms with Crippen LogP contribution in [0, 0.1) is 0 Å². The number of ketones is 1. The molecule has 0 unspecified atom stereocenters. The number of rotatable bonds is 8. The van der Waals surface area contributed by atoms with Gasteiger partial charge >= 0.3 is 5.97 Å². The van der Waals surface area contributed by atoms with Gasteiger partial charge in [0, 0.05) is 5.56 Å². The molecule has 0 aliphatic heterocycles. The molecule has 0 fully saturated rings. The Balaban J connectivity index is 1.58. The lowest BCUT2D eigenvalue weighted by atomic mass is 9.90. The Morgan fingerprint density at radius 1 is 0.806 bits per heavy atom. The molecule has 31 heavy (non-hydrogen) atoms. The molecule has 0 spiro atoms. The van der Waals surface area contributed by atoms with Gasteiger partial charge in [-0.15, -0.1) is 0 Å². The van der Waals surface area contributed by atoms with E-state index in [1.165, 1.54) is 18.2 Å². The number of esters is 1. The molecule has 3 aromatic rings. The summed E-state index contributed by atoms with van der Waals surface area (Å²) in [6.45, 7) is -0.822. The Kier molecular flexibility index (Phi) is 7.82. The maximum Gasteiger partial charge on any atom is 0.325 e. The van der Waals surface area contributed by atoms with E-state index in [1.807, 2.05) is 60.7 Å². The molecule has 0 heterocycles. The first-order valence-corrected chi connectivity index (χ1v) is 10.2. The van der Waals surface area contributed by atoms with Crippen LogP contribution in [0.15, 0.2) is 78.9 Å². The van der Waals surface area contributed by atoms with Crippen molar-refractivity contribution >= 4 is 40.9 Å². The minimum Gasteiger partial charge on any atom is -0.456 e. The molecule has 3 rings (SSSR count). The average Bonchev–Trinajstić information content (AvgIpc) is 2.79. The van der Waals surface area contributed by atoms with Gasteiger partial charge in [-0.2, -0.15) is 0 Å². The molecule has 0 saturated carbocycles. The second-order valence-electron chi connectivity index (χ2n) is 6.68. The number of carbonyl (C=O) groups is 3. The highest BCUT2D eigenvalue weighted by Crippen LogP contribution is 2.25. The molecule has 0 saturated heterocycles. The molecular formula is C24H19Cl2NO4. The zero-order valence-corrected chi connectivity index (χ0v) is 17.9. The van der Waals surface area contributed by atoms with Crippen molar-refractivity contribution in [3.63, 3.8) is 0 Å². The summed E-state index contributed by atoms with van der Waals surface area (Å²) in [5.74, 6) is -2.07. The second-order valence-corrected chi connectivity index (χ2v) is 7.50. The van der Waals surface area contributed by atoms with Crippen LogP contribution in [-0.2, 0) is 14.3 Å². The van der Waals surface area contributed by atoms with Crippen LogP contribution in [0.25, 0.3) is 0 Å². The molecule has 0 bridgehead atoms. The molecule has 0 radical (unpaired) electrons. The van der Waals surface area contributed by atoms with Gasteiger partial charge in [-0.25, -0.2) is 0 Å². The maximum absolute atomic E-state index is 12.9. The van der Waals surface area contributed by atoms with Crippen LogP contribution in [0.5, 0.6) is 0 Å². The molecule has 0 atom stereocenters. The molecule has 3 aromatic carbocycles. The fourth-order valence-electron chi connectivity index (χ4n) is 3.00. The number of amides is 1. The van der Waals surface area contributed by atoms with Crippen LogP contribution in [0.2, 0.25) is 10.0 Å². The third-order valence-corrected chi connectivity index (χ3v) is 5.28. The van der Waals surface area contributed by atoms with Crippen LogP contribution in [0.1, 0.15) is 27.4 Å². The molecule has 7 heteroatoms. The number of Topliss-reactive ketones (excluding diaryl/α,β-unsaturated/α-hetero) is 1. The van der Waals surface area contributed by atoms with Gasteiger partial charge in [0.2, 0.25) is 5.91 Å². The predicted molar refractivity (Wildman–Crippen MR) is 119 cm³/mol. The molecule has 1 amide bonds. The second kappa shape index (κ2) is 10.8. The fraction of sp³-hybridized carbons (Fsp3) is 0.125. The van der Waals surface area contributed by atoms with Gasteiger partial charge in [0.15, 0.2) is 12.4 Å². The number of nitrogens with one attached hydrogen (secondary N) is 1. The fourth-order valence-corrected chi connectivity index (χ4v) is 3.30. The Morgan fingerprint density at radius 3 is 1.94 bits per heavy atom.